The summed E-state index contributed by atoms with van der Waals surface area (Å²) in [5.41, 5.74) is -0.195. The number of hydrogen-bond acceptors (Lipinski definition) is 2. The summed E-state index contributed by atoms with van der Waals surface area (Å²) >= 11 is 0. The van der Waals surface area contributed by atoms with Gasteiger partial charge in [0.15, 0.2) is 0 Å². The molecule has 0 aromatic heterocycles. The minimum Gasteiger partial charge on any atom is -0.496 e. The molecule has 2 nitrogen and oxygen atoms in total. The average Bonchev–Trinajstić information content (AvgIpc) is 2.39. The fraction of sp³-hybridized carbons (Fsp3) is 0.200. The number of halogens is 1. The van der Waals surface area contributed by atoms with E-state index in [2.05, 4.69) is 0 Å². The van der Waals surface area contributed by atoms with Crippen LogP contribution in [0.25, 0.3) is 0 Å². The minimum atomic E-state index is -1.30. The Morgan fingerprint density at radius 2 is 1.78 bits per heavy atom. The van der Waals surface area contributed by atoms with E-state index in [4.69, 9.17) is 4.74 Å². The first-order valence-corrected chi connectivity index (χ1v) is 5.67. The third kappa shape index (κ3) is 2.22. The van der Waals surface area contributed by atoms with Crippen LogP contribution in [0.2, 0.25) is 0 Å². The lowest BCUT2D eigenvalue weighted by Crippen LogP contribution is -2.23. The zero-order valence-electron chi connectivity index (χ0n) is 10.4. The molecule has 0 aliphatic rings. The molecule has 0 aliphatic heterocycles. The summed E-state index contributed by atoms with van der Waals surface area (Å²) in [7, 11) is 1.50. The number of rotatable bonds is 3. The van der Waals surface area contributed by atoms with Crippen molar-refractivity contribution in [3.05, 3.63) is 65.5 Å². The minimum absolute atomic E-state index is 0.401. The van der Waals surface area contributed by atoms with E-state index in [-0.39, 0.29) is 0 Å². The molecule has 0 saturated carbocycles. The maximum Gasteiger partial charge on any atom is 0.125 e. The van der Waals surface area contributed by atoms with Crippen LogP contribution < -0.4 is 4.74 Å². The third-order valence-corrected chi connectivity index (χ3v) is 3.02. The number of benzene rings is 2. The molecule has 0 aliphatic carbocycles. The van der Waals surface area contributed by atoms with Gasteiger partial charge in [-0.05, 0) is 30.7 Å². The van der Waals surface area contributed by atoms with E-state index in [0.29, 0.717) is 16.9 Å². The molecule has 0 amide bonds. The zero-order chi connectivity index (χ0) is 13.2. The lowest BCUT2D eigenvalue weighted by molar-refractivity contribution is 0.0985. The van der Waals surface area contributed by atoms with Crippen LogP contribution in [0.1, 0.15) is 18.1 Å². The van der Waals surface area contributed by atoms with Gasteiger partial charge in [-0.3, -0.25) is 0 Å². The molecule has 2 aromatic rings. The second-order valence-electron chi connectivity index (χ2n) is 4.28. The van der Waals surface area contributed by atoms with Crippen molar-refractivity contribution < 1.29 is 14.2 Å². The van der Waals surface area contributed by atoms with Crippen LogP contribution in [-0.4, -0.2) is 12.2 Å². The van der Waals surface area contributed by atoms with Crippen molar-refractivity contribution in [3.63, 3.8) is 0 Å². The molecule has 0 saturated heterocycles. The van der Waals surface area contributed by atoms with Crippen molar-refractivity contribution in [2.24, 2.45) is 0 Å². The van der Waals surface area contributed by atoms with E-state index in [9.17, 15) is 9.50 Å². The maximum atomic E-state index is 13.4. The standard InChI is InChI=1S/C15H15FO2/c1-15(17,11-6-4-3-5-7-11)13-10-12(16)8-9-14(13)18-2/h3-10,17H,1-2H3. The Balaban J connectivity index is 2.56. The van der Waals surface area contributed by atoms with Crippen molar-refractivity contribution in [2.45, 2.75) is 12.5 Å². The summed E-state index contributed by atoms with van der Waals surface area (Å²) in [6, 6.07) is 13.2. The predicted octanol–water partition coefficient (Wildman–Crippen LogP) is 3.09. The summed E-state index contributed by atoms with van der Waals surface area (Å²) in [5, 5.41) is 10.6. The lowest BCUT2D eigenvalue weighted by atomic mass is 9.87. The van der Waals surface area contributed by atoms with Crippen molar-refractivity contribution >= 4 is 0 Å². The summed E-state index contributed by atoms with van der Waals surface area (Å²) < 4.78 is 18.5. The van der Waals surface area contributed by atoms with Gasteiger partial charge in [0, 0.05) is 5.56 Å². The molecule has 0 fully saturated rings. The van der Waals surface area contributed by atoms with Gasteiger partial charge in [0.1, 0.15) is 17.2 Å². The largest absolute Gasteiger partial charge is 0.496 e. The number of aliphatic hydroxyl groups is 1. The molecular formula is C15H15FO2. The Labute approximate surface area is 106 Å². The molecule has 1 N–H and O–H groups in total. The van der Waals surface area contributed by atoms with Gasteiger partial charge in [-0.1, -0.05) is 30.3 Å². The van der Waals surface area contributed by atoms with Crippen molar-refractivity contribution in [1.82, 2.24) is 0 Å². The van der Waals surface area contributed by atoms with Gasteiger partial charge < -0.3 is 9.84 Å². The summed E-state index contributed by atoms with van der Waals surface area (Å²) in [6.45, 7) is 1.62. The molecule has 0 heterocycles. The van der Waals surface area contributed by atoms with Gasteiger partial charge in [0.05, 0.1) is 7.11 Å². The van der Waals surface area contributed by atoms with Crippen LogP contribution in [-0.2, 0) is 5.60 Å². The van der Waals surface area contributed by atoms with Crippen LogP contribution in [0, 0.1) is 5.82 Å². The average molecular weight is 246 g/mol. The molecule has 1 unspecified atom stereocenters. The zero-order valence-corrected chi connectivity index (χ0v) is 10.4. The maximum absolute atomic E-state index is 13.4. The van der Waals surface area contributed by atoms with Crippen LogP contribution in [0.5, 0.6) is 5.75 Å². The first kappa shape index (κ1) is 12.6. The molecule has 94 valence electrons. The van der Waals surface area contributed by atoms with Gasteiger partial charge in [0.2, 0.25) is 0 Å². The molecule has 2 aromatic carbocycles. The van der Waals surface area contributed by atoms with Crippen LogP contribution in [0.15, 0.2) is 48.5 Å². The van der Waals surface area contributed by atoms with Crippen molar-refractivity contribution in [2.75, 3.05) is 7.11 Å². The van der Waals surface area contributed by atoms with Crippen LogP contribution in [0.4, 0.5) is 4.39 Å². The third-order valence-electron chi connectivity index (χ3n) is 3.02. The number of methoxy groups -OCH3 is 1. The van der Waals surface area contributed by atoms with E-state index in [0.717, 1.165) is 0 Å². The Bertz CT molecular complexity index is 535. The highest BCUT2D eigenvalue weighted by atomic mass is 19.1. The van der Waals surface area contributed by atoms with Crippen LogP contribution >= 0.6 is 0 Å². The smallest absolute Gasteiger partial charge is 0.125 e. The molecule has 18 heavy (non-hydrogen) atoms. The fourth-order valence-corrected chi connectivity index (χ4v) is 1.98. The van der Waals surface area contributed by atoms with Crippen molar-refractivity contribution in [3.8, 4) is 5.75 Å². The molecule has 3 heteroatoms. The van der Waals surface area contributed by atoms with Gasteiger partial charge in [-0.25, -0.2) is 4.39 Å². The highest BCUT2D eigenvalue weighted by Gasteiger charge is 2.29. The normalized spacial score (nSPS) is 14.0. The summed E-state index contributed by atoms with van der Waals surface area (Å²) in [5.74, 6) is 0.0623. The Morgan fingerprint density at radius 3 is 2.39 bits per heavy atom. The SMILES string of the molecule is COc1ccc(F)cc1C(C)(O)c1ccccc1. The first-order valence-electron chi connectivity index (χ1n) is 5.67. The highest BCUT2D eigenvalue weighted by Crippen LogP contribution is 2.35. The van der Waals surface area contributed by atoms with E-state index in [1.807, 2.05) is 18.2 Å². The van der Waals surface area contributed by atoms with Gasteiger partial charge in [0.25, 0.3) is 0 Å². The van der Waals surface area contributed by atoms with E-state index in [1.54, 1.807) is 19.1 Å². The van der Waals surface area contributed by atoms with E-state index in [1.165, 1.54) is 25.3 Å². The number of hydrogen-bond donors (Lipinski definition) is 1. The molecule has 0 spiro atoms. The van der Waals surface area contributed by atoms with Gasteiger partial charge in [-0.2, -0.15) is 0 Å². The Hall–Kier alpha value is -1.87. The molecule has 1 atom stereocenters. The fourth-order valence-electron chi connectivity index (χ4n) is 1.98. The van der Waals surface area contributed by atoms with Crippen LogP contribution in [0.3, 0.4) is 0 Å². The molecule has 2 rings (SSSR count). The topological polar surface area (TPSA) is 29.5 Å². The quantitative estimate of drug-likeness (QED) is 0.901. The number of ether oxygens (including phenoxy) is 1. The Kier molecular flexibility index (Phi) is 3.34. The summed E-state index contributed by atoms with van der Waals surface area (Å²) in [4.78, 5) is 0. The second-order valence-corrected chi connectivity index (χ2v) is 4.28. The highest BCUT2D eigenvalue weighted by molar-refractivity contribution is 5.44. The molecular weight excluding hydrogens is 231 g/mol. The second kappa shape index (κ2) is 4.78. The van der Waals surface area contributed by atoms with E-state index >= 15 is 0 Å². The van der Waals surface area contributed by atoms with Gasteiger partial charge >= 0.3 is 0 Å². The molecule has 0 radical (unpaired) electrons. The van der Waals surface area contributed by atoms with Crippen molar-refractivity contribution in [1.29, 1.82) is 0 Å². The first-order chi connectivity index (χ1) is 8.55. The predicted molar refractivity (Wildman–Crippen MR) is 68.1 cm³/mol. The lowest BCUT2D eigenvalue weighted by Gasteiger charge is -2.26. The molecule has 0 bridgehead atoms. The summed E-state index contributed by atoms with van der Waals surface area (Å²) in [6.07, 6.45) is 0. The van der Waals surface area contributed by atoms with Gasteiger partial charge in [-0.15, -0.1) is 0 Å². The Morgan fingerprint density at radius 1 is 1.11 bits per heavy atom. The van der Waals surface area contributed by atoms with E-state index < -0.39 is 11.4 Å². The monoisotopic (exact) mass is 246 g/mol.